The van der Waals surface area contributed by atoms with Crippen LogP contribution < -0.4 is 10.6 Å². The van der Waals surface area contributed by atoms with Gasteiger partial charge in [0.1, 0.15) is 31.0 Å². The van der Waals surface area contributed by atoms with E-state index >= 15 is 0 Å². The van der Waals surface area contributed by atoms with Crippen LogP contribution in [-0.2, 0) is 47.5 Å². The van der Waals surface area contributed by atoms with Crippen LogP contribution in [0.15, 0.2) is 0 Å². The van der Waals surface area contributed by atoms with Gasteiger partial charge in [-0.1, -0.05) is 142 Å². The first-order chi connectivity index (χ1) is 30.9. The number of unbranched alkanes of at least 4 members (excludes halogenated alkanes) is 21. The van der Waals surface area contributed by atoms with E-state index < -0.39 is 37.3 Å². The van der Waals surface area contributed by atoms with Gasteiger partial charge in [-0.3, -0.25) is 9.59 Å². The first kappa shape index (κ1) is 59.5. The van der Waals surface area contributed by atoms with Gasteiger partial charge in [-0.25, -0.2) is 0 Å². The summed E-state index contributed by atoms with van der Waals surface area (Å²) in [6.07, 6.45) is 23.9. The van der Waals surface area contributed by atoms with Gasteiger partial charge in [0, 0.05) is 19.5 Å². The zero-order chi connectivity index (χ0) is 45.7. The Morgan fingerprint density at radius 3 is 1.24 bits per heavy atom. The molecule has 0 spiro atoms. The number of rotatable bonds is 48. The van der Waals surface area contributed by atoms with Gasteiger partial charge in [0.2, 0.25) is 11.8 Å². The minimum atomic E-state index is -1.49. The maximum absolute atomic E-state index is 12.1. The average Bonchev–Trinajstić information content (AvgIpc) is 3.28. The minimum absolute atomic E-state index is 0.0648. The van der Waals surface area contributed by atoms with Crippen molar-refractivity contribution in [1.29, 1.82) is 0 Å². The Balaban J connectivity index is 1.72. The molecule has 0 unspecified atom stereocenters. The van der Waals surface area contributed by atoms with Crippen molar-refractivity contribution in [2.24, 2.45) is 0 Å². The van der Waals surface area contributed by atoms with E-state index in [9.17, 15) is 30.0 Å². The molecule has 0 radical (unpaired) electrons. The highest BCUT2D eigenvalue weighted by atomic mass is 16.7. The summed E-state index contributed by atoms with van der Waals surface area (Å²) < 4.78 is 43.1. The molecule has 0 aromatic heterocycles. The molecule has 63 heavy (non-hydrogen) atoms. The van der Waals surface area contributed by atoms with E-state index in [-0.39, 0.29) is 38.2 Å². The predicted octanol–water partition coefficient (Wildman–Crippen LogP) is 5.13. The maximum Gasteiger partial charge on any atom is 0.246 e. The molecule has 1 saturated heterocycles. The second kappa shape index (κ2) is 45.6. The second-order valence-corrected chi connectivity index (χ2v) is 16.6. The van der Waals surface area contributed by atoms with Crippen LogP contribution in [0.3, 0.4) is 0 Å². The van der Waals surface area contributed by atoms with Crippen LogP contribution >= 0.6 is 0 Å². The monoisotopic (exact) mass is 909 g/mol. The van der Waals surface area contributed by atoms with Gasteiger partial charge in [-0.15, -0.1) is 0 Å². The molecule has 1 aliphatic heterocycles. The number of carbonyl (C=O) groups excluding carboxylic acids is 2. The topological polar surface area (TPSA) is 213 Å². The standard InChI is InChI=1S/C47H92N2O14/c1-2-3-4-5-6-7-8-9-10-11-12-13-14-15-16-17-18-19-20-21-22-23-24-42(51)48-25-27-56-30-32-59-35-36-61-40-43(52)49-26-28-57-29-31-58-33-34-60-37-38-62-47-46(55)45(54)44(53)41(39-50)63-47/h41,44-47,50,53-55H,2-40H2,1H3,(H,48,51)(H,49,52)/t41-,44-,45+,46+,47+/m1/s1. The Labute approximate surface area is 380 Å². The molecule has 6 N–H and O–H groups in total. The van der Waals surface area contributed by atoms with Crippen molar-refractivity contribution in [2.45, 2.75) is 185 Å². The van der Waals surface area contributed by atoms with Crippen LogP contribution in [0.5, 0.6) is 0 Å². The Hall–Kier alpha value is -1.54. The third-order valence-corrected chi connectivity index (χ3v) is 11.0. The lowest BCUT2D eigenvalue weighted by Crippen LogP contribution is -2.59. The van der Waals surface area contributed by atoms with Crippen molar-refractivity contribution in [1.82, 2.24) is 10.6 Å². The number of hydrogen-bond donors (Lipinski definition) is 6. The number of nitrogens with one attached hydrogen (secondary N) is 2. The molecule has 16 nitrogen and oxygen atoms in total. The molecule has 1 fully saturated rings. The van der Waals surface area contributed by atoms with Crippen LogP contribution in [0.4, 0.5) is 0 Å². The highest BCUT2D eigenvalue weighted by Crippen LogP contribution is 2.22. The van der Waals surface area contributed by atoms with E-state index in [1.165, 1.54) is 128 Å². The molecule has 0 aromatic carbocycles. The fourth-order valence-corrected chi connectivity index (χ4v) is 7.13. The molecule has 1 heterocycles. The summed E-state index contributed by atoms with van der Waals surface area (Å²) in [5.74, 6) is -0.161. The molecule has 0 aromatic rings. The van der Waals surface area contributed by atoms with Gasteiger partial charge < -0.3 is 69.0 Å². The van der Waals surface area contributed by atoms with Crippen LogP contribution in [0, 0.1) is 0 Å². The summed E-state index contributed by atoms with van der Waals surface area (Å²) in [6, 6.07) is 0. The van der Waals surface area contributed by atoms with Gasteiger partial charge in [0.15, 0.2) is 6.29 Å². The normalized spacial score (nSPS) is 18.8. The number of carbonyl (C=O) groups is 2. The van der Waals surface area contributed by atoms with Crippen molar-refractivity contribution < 1.29 is 67.9 Å². The summed E-state index contributed by atoms with van der Waals surface area (Å²) in [5.41, 5.74) is 0. The van der Waals surface area contributed by atoms with Crippen molar-refractivity contribution in [3.8, 4) is 0 Å². The molecule has 1 rings (SSSR count). The van der Waals surface area contributed by atoms with Gasteiger partial charge in [0.05, 0.1) is 85.9 Å². The van der Waals surface area contributed by atoms with Crippen LogP contribution in [0.25, 0.3) is 0 Å². The van der Waals surface area contributed by atoms with Crippen molar-refractivity contribution >= 4 is 11.8 Å². The molecule has 1 aliphatic rings. The number of ether oxygens (including phenoxy) is 8. The van der Waals surface area contributed by atoms with Gasteiger partial charge in [-0.2, -0.15) is 0 Å². The number of amides is 2. The van der Waals surface area contributed by atoms with E-state index in [0.717, 1.165) is 12.8 Å². The molecule has 374 valence electrons. The molecule has 0 saturated carbocycles. The van der Waals surface area contributed by atoms with E-state index in [0.29, 0.717) is 79.0 Å². The second-order valence-electron chi connectivity index (χ2n) is 16.6. The largest absolute Gasteiger partial charge is 0.394 e. The fraction of sp³-hybridized carbons (Fsp3) is 0.957. The van der Waals surface area contributed by atoms with Crippen molar-refractivity contribution in [3.63, 3.8) is 0 Å². The summed E-state index contributed by atoms with van der Waals surface area (Å²) in [6.45, 7) is 6.31. The lowest BCUT2D eigenvalue weighted by Gasteiger charge is -2.39. The van der Waals surface area contributed by atoms with Crippen LogP contribution in [-0.4, -0.2) is 169 Å². The summed E-state index contributed by atoms with van der Waals surface area (Å²) in [5, 5.41) is 44.3. The Bertz CT molecular complexity index is 1000. The number of aliphatic hydroxyl groups is 4. The number of aliphatic hydroxyl groups excluding tert-OH is 4. The summed E-state index contributed by atoms with van der Waals surface area (Å²) in [7, 11) is 0. The fourth-order valence-electron chi connectivity index (χ4n) is 7.13. The predicted molar refractivity (Wildman–Crippen MR) is 243 cm³/mol. The SMILES string of the molecule is CCCCCCCCCCCCCCCCCCCCCCCCC(=O)NCCOCCOCCOCC(=O)NCCOCCOCCOCCO[C@H]1O[C@H](CO)[C@@H](O)[C@H](O)[C@@H]1O. The summed E-state index contributed by atoms with van der Waals surface area (Å²) >= 11 is 0. The van der Waals surface area contributed by atoms with E-state index in [4.69, 9.17) is 37.9 Å². The molecule has 2 amide bonds. The van der Waals surface area contributed by atoms with Gasteiger partial charge in [0.25, 0.3) is 0 Å². The molecule has 0 aliphatic carbocycles. The van der Waals surface area contributed by atoms with Crippen LogP contribution in [0.1, 0.15) is 155 Å². The molecular formula is C47H92N2O14. The Morgan fingerprint density at radius 2 is 0.810 bits per heavy atom. The maximum atomic E-state index is 12.1. The molecule has 16 heteroatoms. The van der Waals surface area contributed by atoms with Crippen molar-refractivity contribution in [3.05, 3.63) is 0 Å². The zero-order valence-electron chi connectivity index (χ0n) is 39.3. The van der Waals surface area contributed by atoms with E-state index in [1.54, 1.807) is 0 Å². The zero-order valence-corrected chi connectivity index (χ0v) is 39.3. The third-order valence-electron chi connectivity index (χ3n) is 11.0. The van der Waals surface area contributed by atoms with Gasteiger partial charge in [-0.05, 0) is 6.42 Å². The summed E-state index contributed by atoms with van der Waals surface area (Å²) in [4.78, 5) is 24.0. The van der Waals surface area contributed by atoms with E-state index in [1.807, 2.05) is 0 Å². The first-order valence-corrected chi connectivity index (χ1v) is 24.8. The highest BCUT2D eigenvalue weighted by Gasteiger charge is 2.43. The number of hydrogen-bond acceptors (Lipinski definition) is 14. The smallest absolute Gasteiger partial charge is 0.246 e. The third kappa shape index (κ3) is 37.3. The lowest BCUT2D eigenvalue weighted by atomic mass is 9.99. The highest BCUT2D eigenvalue weighted by molar-refractivity contribution is 5.77. The van der Waals surface area contributed by atoms with Crippen LogP contribution in [0.2, 0.25) is 0 Å². The Morgan fingerprint density at radius 1 is 0.444 bits per heavy atom. The molecular weight excluding hydrogens is 817 g/mol. The first-order valence-electron chi connectivity index (χ1n) is 24.8. The average molecular weight is 909 g/mol. The minimum Gasteiger partial charge on any atom is -0.394 e. The quantitative estimate of drug-likeness (QED) is 0.0438. The molecule has 5 atom stereocenters. The van der Waals surface area contributed by atoms with Gasteiger partial charge >= 0.3 is 0 Å². The lowest BCUT2D eigenvalue weighted by molar-refractivity contribution is -0.302. The van der Waals surface area contributed by atoms with Crippen molar-refractivity contribution in [2.75, 3.05) is 106 Å². The van der Waals surface area contributed by atoms with E-state index in [2.05, 4.69) is 17.6 Å². The molecule has 0 bridgehead atoms. The Kier molecular flexibility index (Phi) is 43.1.